The molecule has 3 aromatic heterocycles. The quantitative estimate of drug-likeness (QED) is 0.572. The molecule has 0 aliphatic rings. The molecule has 0 aliphatic heterocycles. The van der Waals surface area contributed by atoms with Gasteiger partial charge in [0.25, 0.3) is 0 Å². The van der Waals surface area contributed by atoms with Gasteiger partial charge in [0, 0.05) is 24.5 Å². The Morgan fingerprint density at radius 1 is 0.920 bits per heavy atom. The lowest BCUT2D eigenvalue weighted by atomic mass is 10.2. The number of aromatic nitrogens is 5. The van der Waals surface area contributed by atoms with Gasteiger partial charge >= 0.3 is 0 Å². The second kappa shape index (κ2) is 6.02. The molecule has 0 atom stereocenters. The summed E-state index contributed by atoms with van der Waals surface area (Å²) in [7, 11) is 1.99. The van der Waals surface area contributed by atoms with Crippen LogP contribution in [0.3, 0.4) is 0 Å². The molecule has 0 spiro atoms. The lowest BCUT2D eigenvalue weighted by Gasteiger charge is -1.98. The van der Waals surface area contributed by atoms with Crippen LogP contribution in [-0.4, -0.2) is 24.1 Å². The molecule has 4 aromatic rings. The fourth-order valence-electron chi connectivity index (χ4n) is 2.82. The third-order valence-corrected chi connectivity index (χ3v) is 4.25. The van der Waals surface area contributed by atoms with E-state index in [0.717, 1.165) is 34.0 Å². The van der Waals surface area contributed by atoms with Gasteiger partial charge in [0.15, 0.2) is 11.5 Å². The van der Waals surface area contributed by atoms with E-state index in [1.54, 1.807) is 0 Å². The van der Waals surface area contributed by atoms with Gasteiger partial charge in [0.05, 0.1) is 5.69 Å². The minimum absolute atomic E-state index is 0.682. The Morgan fingerprint density at radius 3 is 2.48 bits per heavy atom. The predicted octanol–water partition coefficient (Wildman–Crippen LogP) is 3.92. The molecule has 5 heteroatoms. The van der Waals surface area contributed by atoms with Crippen molar-refractivity contribution >= 4 is 17.8 Å². The molecule has 5 nitrogen and oxygen atoms in total. The summed E-state index contributed by atoms with van der Waals surface area (Å²) in [5.41, 5.74) is 5.13. The average molecular weight is 329 g/mol. The minimum Gasteiger partial charge on any atom is -0.334 e. The SMILES string of the molecule is Cc1ccc(C)n2nc(/C=C/c3nc(-c4ccccc4)cn3C)nc12. The van der Waals surface area contributed by atoms with Crippen LogP contribution in [0.5, 0.6) is 0 Å². The standard InChI is InChI=1S/C20H19N5/c1-14-9-10-15(2)25-20(14)22-18(23-25)11-12-19-21-17(13-24(19)3)16-7-5-4-6-8-16/h4-13H,1-3H3/b12-11+. The van der Waals surface area contributed by atoms with Crippen LogP contribution in [0.2, 0.25) is 0 Å². The van der Waals surface area contributed by atoms with Crippen molar-refractivity contribution in [3.8, 4) is 11.3 Å². The first kappa shape index (κ1) is 15.3. The van der Waals surface area contributed by atoms with Gasteiger partial charge in [-0.15, -0.1) is 5.10 Å². The molecule has 0 aliphatic carbocycles. The lowest BCUT2D eigenvalue weighted by Crippen LogP contribution is -1.94. The number of benzene rings is 1. The first-order valence-corrected chi connectivity index (χ1v) is 8.21. The lowest BCUT2D eigenvalue weighted by molar-refractivity contribution is 0.896. The van der Waals surface area contributed by atoms with Crippen molar-refractivity contribution in [1.82, 2.24) is 24.1 Å². The van der Waals surface area contributed by atoms with Crippen LogP contribution in [-0.2, 0) is 7.05 Å². The number of fused-ring (bicyclic) bond motifs is 1. The first-order valence-electron chi connectivity index (χ1n) is 8.21. The molecule has 0 amide bonds. The van der Waals surface area contributed by atoms with Crippen LogP contribution in [0.15, 0.2) is 48.7 Å². The van der Waals surface area contributed by atoms with Crippen molar-refractivity contribution in [2.24, 2.45) is 7.05 Å². The van der Waals surface area contributed by atoms with Crippen molar-refractivity contribution in [2.75, 3.05) is 0 Å². The maximum Gasteiger partial charge on any atom is 0.175 e. The van der Waals surface area contributed by atoms with Crippen LogP contribution < -0.4 is 0 Å². The third-order valence-electron chi connectivity index (χ3n) is 4.25. The maximum absolute atomic E-state index is 4.70. The molecule has 3 heterocycles. The van der Waals surface area contributed by atoms with E-state index in [0.29, 0.717) is 5.82 Å². The van der Waals surface area contributed by atoms with E-state index < -0.39 is 0 Å². The number of hydrogen-bond donors (Lipinski definition) is 0. The van der Waals surface area contributed by atoms with E-state index in [-0.39, 0.29) is 0 Å². The zero-order chi connectivity index (χ0) is 17.4. The van der Waals surface area contributed by atoms with Crippen LogP contribution >= 0.6 is 0 Å². The zero-order valence-corrected chi connectivity index (χ0v) is 14.5. The van der Waals surface area contributed by atoms with E-state index in [4.69, 9.17) is 4.98 Å². The van der Waals surface area contributed by atoms with Gasteiger partial charge in [-0.25, -0.2) is 14.5 Å². The summed E-state index contributed by atoms with van der Waals surface area (Å²) >= 11 is 0. The van der Waals surface area contributed by atoms with Crippen molar-refractivity contribution in [3.05, 3.63) is 71.6 Å². The smallest absolute Gasteiger partial charge is 0.175 e. The Hall–Kier alpha value is -3.21. The van der Waals surface area contributed by atoms with Gasteiger partial charge in [-0.1, -0.05) is 36.4 Å². The number of pyridine rings is 1. The second-order valence-electron chi connectivity index (χ2n) is 6.16. The number of aryl methyl sites for hydroxylation is 3. The largest absolute Gasteiger partial charge is 0.334 e. The Bertz CT molecular complexity index is 1030. The van der Waals surface area contributed by atoms with E-state index in [1.165, 1.54) is 0 Å². The van der Waals surface area contributed by atoms with Crippen molar-refractivity contribution in [2.45, 2.75) is 13.8 Å². The molecule has 0 saturated carbocycles. The summed E-state index contributed by atoms with van der Waals surface area (Å²) in [6.45, 7) is 4.07. The summed E-state index contributed by atoms with van der Waals surface area (Å²) in [5, 5.41) is 4.56. The summed E-state index contributed by atoms with van der Waals surface area (Å²) in [6.07, 6.45) is 5.88. The van der Waals surface area contributed by atoms with E-state index in [1.807, 2.05) is 66.5 Å². The van der Waals surface area contributed by atoms with Crippen molar-refractivity contribution in [1.29, 1.82) is 0 Å². The van der Waals surface area contributed by atoms with Crippen LogP contribution in [0.1, 0.15) is 22.9 Å². The molecule has 0 bridgehead atoms. The number of nitrogens with zero attached hydrogens (tertiary/aromatic N) is 5. The number of rotatable bonds is 3. The fraction of sp³-hybridized carbons (Fsp3) is 0.150. The molecule has 0 N–H and O–H groups in total. The van der Waals surface area contributed by atoms with Gasteiger partial charge in [-0.3, -0.25) is 0 Å². The predicted molar refractivity (Wildman–Crippen MR) is 100 cm³/mol. The van der Waals surface area contributed by atoms with Crippen molar-refractivity contribution < 1.29 is 0 Å². The highest BCUT2D eigenvalue weighted by Gasteiger charge is 2.07. The highest BCUT2D eigenvalue weighted by atomic mass is 15.3. The molecule has 0 unspecified atom stereocenters. The van der Waals surface area contributed by atoms with Gasteiger partial charge < -0.3 is 4.57 Å². The molecular weight excluding hydrogens is 310 g/mol. The molecule has 124 valence electrons. The molecule has 0 saturated heterocycles. The third kappa shape index (κ3) is 2.85. The Balaban J connectivity index is 1.68. The Kier molecular flexibility index (Phi) is 3.69. The normalized spacial score (nSPS) is 11.6. The first-order chi connectivity index (χ1) is 12.1. The van der Waals surface area contributed by atoms with Crippen LogP contribution in [0, 0.1) is 13.8 Å². The second-order valence-corrected chi connectivity index (χ2v) is 6.16. The van der Waals surface area contributed by atoms with Gasteiger partial charge in [-0.2, -0.15) is 0 Å². The molecule has 25 heavy (non-hydrogen) atoms. The highest BCUT2D eigenvalue weighted by Crippen LogP contribution is 2.19. The fourth-order valence-corrected chi connectivity index (χ4v) is 2.82. The molecule has 4 rings (SSSR count). The maximum atomic E-state index is 4.70. The Labute approximate surface area is 146 Å². The minimum atomic E-state index is 0.682. The average Bonchev–Trinajstić information content (AvgIpc) is 3.22. The summed E-state index contributed by atoms with van der Waals surface area (Å²) in [4.78, 5) is 9.31. The van der Waals surface area contributed by atoms with Gasteiger partial charge in [0.2, 0.25) is 0 Å². The molecule has 1 aromatic carbocycles. The summed E-state index contributed by atoms with van der Waals surface area (Å²) in [5.74, 6) is 1.55. The Morgan fingerprint density at radius 2 is 1.72 bits per heavy atom. The molecule has 0 radical (unpaired) electrons. The topological polar surface area (TPSA) is 48.0 Å². The van der Waals surface area contributed by atoms with Crippen molar-refractivity contribution in [3.63, 3.8) is 0 Å². The van der Waals surface area contributed by atoms with Gasteiger partial charge in [0.1, 0.15) is 5.82 Å². The van der Waals surface area contributed by atoms with E-state index in [2.05, 4.69) is 34.3 Å². The van der Waals surface area contributed by atoms with Gasteiger partial charge in [-0.05, 0) is 37.6 Å². The molecule has 0 fully saturated rings. The molecular formula is C20H19N5. The monoisotopic (exact) mass is 329 g/mol. The van der Waals surface area contributed by atoms with Crippen LogP contribution in [0.4, 0.5) is 0 Å². The van der Waals surface area contributed by atoms with Crippen LogP contribution in [0.25, 0.3) is 29.1 Å². The zero-order valence-electron chi connectivity index (χ0n) is 14.5. The van der Waals surface area contributed by atoms with E-state index >= 15 is 0 Å². The summed E-state index contributed by atoms with van der Waals surface area (Å²) in [6, 6.07) is 14.3. The number of imidazole rings is 1. The van der Waals surface area contributed by atoms with E-state index in [9.17, 15) is 0 Å². The highest BCUT2D eigenvalue weighted by molar-refractivity contribution is 5.67. The number of hydrogen-bond acceptors (Lipinski definition) is 3. The summed E-state index contributed by atoms with van der Waals surface area (Å²) < 4.78 is 3.88.